The van der Waals surface area contributed by atoms with Crippen LogP contribution >= 0.6 is 0 Å². The molecule has 0 spiro atoms. The lowest BCUT2D eigenvalue weighted by Gasteiger charge is -2.15. The van der Waals surface area contributed by atoms with Crippen LogP contribution in [0.3, 0.4) is 0 Å². The van der Waals surface area contributed by atoms with Crippen LogP contribution in [0.1, 0.15) is 129 Å². The van der Waals surface area contributed by atoms with Gasteiger partial charge in [-0.25, -0.2) is 0 Å². The standard InChI is InChI=1S/C37H60O6/c1-3-5-7-8-9-14-18-21-25-29-36(39)41-32-33(31-38)42-37(40)30-26-22-19-16-13-11-10-12-15-17-20-24-28-35-34(43-35)27-23-6-4-2/h6,11-13,15,19-20,22-24,33-35,38H,3-5,7-10,14,16-18,21,25-32H2,1-2H3/b13-11-,15-12-,22-19-,23-6-,24-20-/t33-,34?,35?/m0/s1. The highest BCUT2D eigenvalue weighted by atomic mass is 16.6. The number of carbonyl (C=O) groups is 2. The van der Waals surface area contributed by atoms with Gasteiger partial charge in [0.2, 0.25) is 0 Å². The number of unbranched alkanes of at least 4 members (excludes halogenated alkanes) is 8. The molecule has 1 aliphatic heterocycles. The molecule has 0 aromatic carbocycles. The van der Waals surface area contributed by atoms with Crippen molar-refractivity contribution in [3.8, 4) is 0 Å². The molecular weight excluding hydrogens is 540 g/mol. The minimum absolute atomic E-state index is 0.100. The minimum atomic E-state index is -0.812. The van der Waals surface area contributed by atoms with Gasteiger partial charge in [-0.05, 0) is 51.4 Å². The fraction of sp³-hybridized carbons (Fsp3) is 0.676. The van der Waals surface area contributed by atoms with Crippen molar-refractivity contribution in [2.45, 2.75) is 148 Å². The molecule has 1 heterocycles. The second kappa shape index (κ2) is 28.3. The summed E-state index contributed by atoms with van der Waals surface area (Å²) in [5.74, 6) is -0.702. The van der Waals surface area contributed by atoms with Gasteiger partial charge in [-0.1, -0.05) is 126 Å². The van der Waals surface area contributed by atoms with Crippen LogP contribution in [0, 0.1) is 0 Å². The van der Waals surface area contributed by atoms with E-state index in [1.165, 1.54) is 38.5 Å². The van der Waals surface area contributed by atoms with Crippen molar-refractivity contribution in [3.63, 3.8) is 0 Å². The van der Waals surface area contributed by atoms with Crippen LogP contribution in [0.2, 0.25) is 0 Å². The van der Waals surface area contributed by atoms with Crippen LogP contribution in [0.15, 0.2) is 60.8 Å². The predicted molar refractivity (Wildman–Crippen MR) is 177 cm³/mol. The Kier molecular flexibility index (Phi) is 25.4. The smallest absolute Gasteiger partial charge is 0.306 e. The number of aliphatic hydroxyl groups is 1. The van der Waals surface area contributed by atoms with Crippen LogP contribution < -0.4 is 0 Å². The molecule has 0 amide bonds. The molecule has 0 aromatic heterocycles. The van der Waals surface area contributed by atoms with Crippen molar-refractivity contribution in [3.05, 3.63) is 60.8 Å². The van der Waals surface area contributed by atoms with E-state index in [0.29, 0.717) is 25.0 Å². The normalized spacial score (nSPS) is 17.7. The molecule has 1 aliphatic rings. The molecule has 6 nitrogen and oxygen atoms in total. The monoisotopic (exact) mass is 600 g/mol. The number of epoxide rings is 1. The third-order valence-electron chi connectivity index (χ3n) is 7.24. The molecular formula is C37H60O6. The van der Waals surface area contributed by atoms with Gasteiger partial charge in [0.05, 0.1) is 18.8 Å². The second-order valence-electron chi connectivity index (χ2n) is 11.3. The molecule has 2 unspecified atom stereocenters. The maximum absolute atomic E-state index is 12.1. The number of hydrogen-bond donors (Lipinski definition) is 1. The Labute approximate surface area is 262 Å². The maximum Gasteiger partial charge on any atom is 0.306 e. The zero-order valence-corrected chi connectivity index (χ0v) is 27.1. The summed E-state index contributed by atoms with van der Waals surface area (Å²) in [6.45, 7) is 3.90. The number of hydrogen-bond acceptors (Lipinski definition) is 6. The quantitative estimate of drug-likeness (QED) is 0.0417. The fourth-order valence-electron chi connectivity index (χ4n) is 4.56. The van der Waals surface area contributed by atoms with E-state index in [-0.39, 0.29) is 25.6 Å². The first-order valence-electron chi connectivity index (χ1n) is 17.0. The molecule has 0 aliphatic carbocycles. The lowest BCUT2D eigenvalue weighted by molar-refractivity contribution is -0.161. The van der Waals surface area contributed by atoms with Crippen molar-refractivity contribution in [2.75, 3.05) is 13.2 Å². The Morgan fingerprint density at radius 1 is 0.674 bits per heavy atom. The van der Waals surface area contributed by atoms with Crippen molar-refractivity contribution in [2.24, 2.45) is 0 Å². The van der Waals surface area contributed by atoms with Gasteiger partial charge < -0.3 is 19.3 Å². The molecule has 1 saturated heterocycles. The zero-order chi connectivity index (χ0) is 31.2. The fourth-order valence-corrected chi connectivity index (χ4v) is 4.56. The third kappa shape index (κ3) is 24.7. The summed E-state index contributed by atoms with van der Waals surface area (Å²) in [5.41, 5.74) is 0. The maximum atomic E-state index is 12.1. The van der Waals surface area contributed by atoms with Gasteiger partial charge in [0.1, 0.15) is 6.61 Å². The number of esters is 2. The first kappa shape index (κ1) is 38.6. The van der Waals surface area contributed by atoms with E-state index in [9.17, 15) is 14.7 Å². The van der Waals surface area contributed by atoms with Crippen LogP contribution in [0.25, 0.3) is 0 Å². The topological polar surface area (TPSA) is 85.4 Å². The van der Waals surface area contributed by atoms with Gasteiger partial charge in [0, 0.05) is 12.8 Å². The molecule has 6 heteroatoms. The second-order valence-corrected chi connectivity index (χ2v) is 11.3. The zero-order valence-electron chi connectivity index (χ0n) is 27.1. The Morgan fingerprint density at radius 2 is 1.21 bits per heavy atom. The van der Waals surface area contributed by atoms with Gasteiger partial charge in [0.15, 0.2) is 6.10 Å². The molecule has 43 heavy (non-hydrogen) atoms. The number of aliphatic hydroxyl groups excluding tert-OH is 1. The summed E-state index contributed by atoms with van der Waals surface area (Å²) >= 11 is 0. The first-order chi connectivity index (χ1) is 21.1. The molecule has 0 bridgehead atoms. The SMILES string of the molecule is CC/C=C\CC1OC1C/C=C\C/C=C\C/C=C\C/C=C\CCC(=O)O[C@@H](CO)COC(=O)CCCCCCCCCCC. The average Bonchev–Trinajstić information content (AvgIpc) is 3.76. The Bertz CT molecular complexity index is 840. The van der Waals surface area contributed by atoms with Crippen molar-refractivity contribution >= 4 is 11.9 Å². The molecule has 3 atom stereocenters. The highest BCUT2D eigenvalue weighted by Crippen LogP contribution is 2.29. The van der Waals surface area contributed by atoms with Crippen molar-refractivity contribution < 1.29 is 28.9 Å². The van der Waals surface area contributed by atoms with E-state index in [4.69, 9.17) is 14.2 Å². The number of allylic oxidation sites excluding steroid dienone is 8. The molecule has 0 saturated carbocycles. The molecule has 0 aromatic rings. The Morgan fingerprint density at radius 3 is 1.79 bits per heavy atom. The molecule has 1 rings (SSSR count). The lowest BCUT2D eigenvalue weighted by atomic mass is 10.1. The van der Waals surface area contributed by atoms with Gasteiger partial charge in [0.25, 0.3) is 0 Å². The average molecular weight is 601 g/mol. The van der Waals surface area contributed by atoms with E-state index < -0.39 is 12.1 Å². The summed E-state index contributed by atoms with van der Waals surface area (Å²) in [4.78, 5) is 24.0. The molecule has 244 valence electrons. The van der Waals surface area contributed by atoms with Crippen LogP contribution in [0.5, 0.6) is 0 Å². The summed E-state index contributed by atoms with van der Waals surface area (Å²) < 4.78 is 16.1. The van der Waals surface area contributed by atoms with E-state index in [2.05, 4.69) is 62.5 Å². The first-order valence-corrected chi connectivity index (χ1v) is 17.0. The predicted octanol–water partition coefficient (Wildman–Crippen LogP) is 9.04. The molecule has 1 fully saturated rings. The minimum Gasteiger partial charge on any atom is -0.462 e. The van der Waals surface area contributed by atoms with E-state index in [0.717, 1.165) is 57.8 Å². The van der Waals surface area contributed by atoms with Gasteiger partial charge in [-0.2, -0.15) is 0 Å². The van der Waals surface area contributed by atoms with Crippen LogP contribution in [-0.4, -0.2) is 48.6 Å². The Balaban J connectivity index is 1.98. The van der Waals surface area contributed by atoms with Gasteiger partial charge in [-0.15, -0.1) is 0 Å². The number of ether oxygens (including phenoxy) is 3. The van der Waals surface area contributed by atoms with E-state index in [1.54, 1.807) is 0 Å². The van der Waals surface area contributed by atoms with Gasteiger partial charge >= 0.3 is 11.9 Å². The third-order valence-corrected chi connectivity index (χ3v) is 7.24. The largest absolute Gasteiger partial charge is 0.462 e. The highest BCUT2D eigenvalue weighted by Gasteiger charge is 2.35. The Hall–Kier alpha value is -2.44. The number of carbonyl (C=O) groups excluding carboxylic acids is 2. The van der Waals surface area contributed by atoms with E-state index in [1.807, 2.05) is 12.2 Å². The number of rotatable bonds is 28. The van der Waals surface area contributed by atoms with Gasteiger partial charge in [-0.3, -0.25) is 9.59 Å². The summed E-state index contributed by atoms with van der Waals surface area (Å²) in [7, 11) is 0. The summed E-state index contributed by atoms with van der Waals surface area (Å²) in [6.07, 6.45) is 39.0. The molecule has 1 N–H and O–H groups in total. The molecule has 0 radical (unpaired) electrons. The van der Waals surface area contributed by atoms with Crippen molar-refractivity contribution in [1.82, 2.24) is 0 Å². The van der Waals surface area contributed by atoms with Crippen LogP contribution in [0.4, 0.5) is 0 Å². The summed E-state index contributed by atoms with van der Waals surface area (Å²) in [6, 6.07) is 0. The van der Waals surface area contributed by atoms with E-state index >= 15 is 0 Å². The summed E-state index contributed by atoms with van der Waals surface area (Å²) in [5, 5.41) is 9.48. The van der Waals surface area contributed by atoms with Crippen LogP contribution in [-0.2, 0) is 23.8 Å². The highest BCUT2D eigenvalue weighted by molar-refractivity contribution is 5.70. The van der Waals surface area contributed by atoms with Crippen molar-refractivity contribution in [1.29, 1.82) is 0 Å². The lowest BCUT2D eigenvalue weighted by Crippen LogP contribution is -2.28.